The normalized spacial score (nSPS) is 18.7. The maximum atomic E-state index is 12.5. The lowest BCUT2D eigenvalue weighted by atomic mass is 9.96. The summed E-state index contributed by atoms with van der Waals surface area (Å²) < 4.78 is 0. The van der Waals surface area contributed by atoms with Crippen molar-refractivity contribution in [2.45, 2.75) is 62.3 Å². The number of amides is 1. The van der Waals surface area contributed by atoms with Crippen LogP contribution in [0.3, 0.4) is 0 Å². The van der Waals surface area contributed by atoms with Crippen LogP contribution in [0.2, 0.25) is 0 Å². The van der Waals surface area contributed by atoms with Gasteiger partial charge in [-0.25, -0.2) is 9.97 Å². The molecule has 2 heterocycles. The molecule has 1 aromatic carbocycles. The summed E-state index contributed by atoms with van der Waals surface area (Å²) in [7, 11) is 0. The molecule has 2 atom stereocenters. The molecule has 6 heteroatoms. The van der Waals surface area contributed by atoms with Gasteiger partial charge in [0.1, 0.15) is 15.9 Å². The number of thioether (sulfide) groups is 2. The monoisotopic (exact) mass is 387 g/mol. The Morgan fingerprint density at radius 3 is 2.77 bits per heavy atom. The first-order valence-corrected chi connectivity index (χ1v) is 10.8. The Labute approximate surface area is 164 Å². The van der Waals surface area contributed by atoms with E-state index in [1.165, 1.54) is 17.3 Å². The van der Waals surface area contributed by atoms with Crippen LogP contribution in [0.1, 0.15) is 48.7 Å². The number of benzene rings is 1. The van der Waals surface area contributed by atoms with Crippen molar-refractivity contribution in [3.05, 3.63) is 40.7 Å². The first kappa shape index (κ1) is 19.2. The average molecular weight is 388 g/mol. The minimum Gasteiger partial charge on any atom is -0.325 e. The molecule has 0 saturated heterocycles. The average Bonchev–Trinajstić information content (AvgIpc) is 2.90. The second-order valence-electron chi connectivity index (χ2n) is 6.79. The Bertz CT molecular complexity index is 838. The smallest absolute Gasteiger partial charge is 0.234 e. The van der Waals surface area contributed by atoms with Crippen LogP contribution in [0.25, 0.3) is 0 Å². The van der Waals surface area contributed by atoms with Gasteiger partial charge in [-0.2, -0.15) is 0 Å². The predicted octanol–water partition coefficient (Wildman–Crippen LogP) is 5.12. The SMILES string of the molecule is CCC1c2c(SCC(=O)Nc3cc(C)ccc3C)nc(C)nc2SC1C. The summed E-state index contributed by atoms with van der Waals surface area (Å²) in [6, 6.07) is 6.09. The molecule has 0 spiro atoms. The summed E-state index contributed by atoms with van der Waals surface area (Å²) in [6.07, 6.45) is 1.07. The Morgan fingerprint density at radius 1 is 1.27 bits per heavy atom. The summed E-state index contributed by atoms with van der Waals surface area (Å²) in [5, 5.41) is 5.59. The predicted molar refractivity (Wildman–Crippen MR) is 110 cm³/mol. The molecule has 0 saturated carbocycles. The molecule has 0 bridgehead atoms. The zero-order chi connectivity index (χ0) is 18.8. The number of hydrogen-bond acceptors (Lipinski definition) is 5. The molecule has 1 amide bonds. The van der Waals surface area contributed by atoms with E-state index in [1.54, 1.807) is 0 Å². The van der Waals surface area contributed by atoms with Crippen LogP contribution in [0.4, 0.5) is 5.69 Å². The van der Waals surface area contributed by atoms with Gasteiger partial charge in [-0.3, -0.25) is 4.79 Å². The van der Waals surface area contributed by atoms with E-state index in [2.05, 4.69) is 35.2 Å². The van der Waals surface area contributed by atoms with Crippen molar-refractivity contribution in [1.29, 1.82) is 0 Å². The van der Waals surface area contributed by atoms with Crippen LogP contribution in [0.5, 0.6) is 0 Å². The summed E-state index contributed by atoms with van der Waals surface area (Å²) in [5.41, 5.74) is 4.33. The number of carbonyl (C=O) groups excluding carboxylic acids is 1. The summed E-state index contributed by atoms with van der Waals surface area (Å²) in [4.78, 5) is 21.7. The van der Waals surface area contributed by atoms with Gasteiger partial charge in [0, 0.05) is 22.4 Å². The molecule has 1 aliphatic rings. The van der Waals surface area contributed by atoms with Crippen molar-refractivity contribution in [3.63, 3.8) is 0 Å². The molecule has 0 radical (unpaired) electrons. The Morgan fingerprint density at radius 2 is 2.04 bits per heavy atom. The topological polar surface area (TPSA) is 54.9 Å². The number of fused-ring (bicyclic) bond motifs is 1. The number of nitrogens with zero attached hydrogens (tertiary/aromatic N) is 2. The molecule has 0 aliphatic carbocycles. The summed E-state index contributed by atoms with van der Waals surface area (Å²) >= 11 is 3.35. The molecule has 26 heavy (non-hydrogen) atoms. The van der Waals surface area contributed by atoms with E-state index in [0.29, 0.717) is 16.9 Å². The van der Waals surface area contributed by atoms with E-state index in [1.807, 2.05) is 44.7 Å². The number of hydrogen-bond donors (Lipinski definition) is 1. The van der Waals surface area contributed by atoms with Crippen molar-refractivity contribution in [2.75, 3.05) is 11.1 Å². The Balaban J connectivity index is 1.74. The first-order valence-electron chi connectivity index (χ1n) is 8.94. The van der Waals surface area contributed by atoms with Crippen molar-refractivity contribution in [1.82, 2.24) is 9.97 Å². The Kier molecular flexibility index (Phi) is 5.92. The lowest BCUT2D eigenvalue weighted by Crippen LogP contribution is -2.16. The van der Waals surface area contributed by atoms with Gasteiger partial charge in [0.2, 0.25) is 5.91 Å². The van der Waals surface area contributed by atoms with Crippen molar-refractivity contribution in [2.24, 2.45) is 0 Å². The lowest BCUT2D eigenvalue weighted by Gasteiger charge is -2.15. The van der Waals surface area contributed by atoms with Gasteiger partial charge in [-0.05, 0) is 44.4 Å². The Hall–Kier alpha value is -1.53. The lowest BCUT2D eigenvalue weighted by molar-refractivity contribution is -0.113. The van der Waals surface area contributed by atoms with Crippen molar-refractivity contribution < 1.29 is 4.79 Å². The second kappa shape index (κ2) is 8.01. The van der Waals surface area contributed by atoms with Gasteiger partial charge in [0.05, 0.1) is 5.75 Å². The maximum absolute atomic E-state index is 12.5. The summed E-state index contributed by atoms with van der Waals surface area (Å²) in [6.45, 7) is 10.4. The highest BCUT2D eigenvalue weighted by Crippen LogP contribution is 2.48. The van der Waals surface area contributed by atoms with Crippen LogP contribution in [0.15, 0.2) is 28.3 Å². The van der Waals surface area contributed by atoms with Gasteiger partial charge in [-0.1, -0.05) is 37.7 Å². The largest absolute Gasteiger partial charge is 0.325 e. The number of rotatable bonds is 5. The molecule has 2 unspecified atom stereocenters. The van der Waals surface area contributed by atoms with Gasteiger partial charge < -0.3 is 5.32 Å². The fraction of sp³-hybridized carbons (Fsp3) is 0.450. The van der Waals surface area contributed by atoms with E-state index in [4.69, 9.17) is 0 Å². The zero-order valence-electron chi connectivity index (χ0n) is 15.9. The highest BCUT2D eigenvalue weighted by molar-refractivity contribution is 8.01. The van der Waals surface area contributed by atoms with Crippen LogP contribution in [-0.2, 0) is 4.79 Å². The van der Waals surface area contributed by atoms with Gasteiger partial charge in [0.25, 0.3) is 0 Å². The summed E-state index contributed by atoms with van der Waals surface area (Å²) in [5.74, 6) is 1.59. The third-order valence-corrected chi connectivity index (χ3v) is 6.90. The van der Waals surface area contributed by atoms with Crippen molar-refractivity contribution >= 4 is 35.1 Å². The number of aryl methyl sites for hydroxylation is 3. The van der Waals surface area contributed by atoms with Crippen LogP contribution in [0, 0.1) is 20.8 Å². The van der Waals surface area contributed by atoms with E-state index in [-0.39, 0.29) is 5.91 Å². The zero-order valence-corrected chi connectivity index (χ0v) is 17.6. The van der Waals surface area contributed by atoms with Gasteiger partial charge >= 0.3 is 0 Å². The van der Waals surface area contributed by atoms with Crippen LogP contribution >= 0.6 is 23.5 Å². The minimum absolute atomic E-state index is 0.000428. The molecule has 1 aliphatic heterocycles. The molecule has 4 nitrogen and oxygen atoms in total. The van der Waals surface area contributed by atoms with E-state index < -0.39 is 0 Å². The molecule has 2 aromatic rings. The van der Waals surface area contributed by atoms with E-state index in [9.17, 15) is 4.79 Å². The fourth-order valence-electron chi connectivity index (χ4n) is 3.27. The quantitative estimate of drug-likeness (QED) is 0.570. The highest BCUT2D eigenvalue weighted by atomic mass is 32.2. The van der Waals surface area contributed by atoms with Crippen LogP contribution < -0.4 is 5.32 Å². The molecule has 1 aromatic heterocycles. The molecule has 3 rings (SSSR count). The van der Waals surface area contributed by atoms with E-state index >= 15 is 0 Å². The standard InChI is InChI=1S/C20H25N3OS2/c1-6-15-13(4)26-20-18(15)19(21-14(5)22-20)25-10-17(24)23-16-9-11(2)7-8-12(16)3/h7-9,13,15H,6,10H2,1-5H3,(H,23,24). The third-order valence-electron chi connectivity index (χ3n) is 4.67. The molecule has 0 fully saturated rings. The second-order valence-corrected chi connectivity index (χ2v) is 9.12. The minimum atomic E-state index is 0.000428. The van der Waals surface area contributed by atoms with Crippen molar-refractivity contribution in [3.8, 4) is 0 Å². The first-order chi connectivity index (χ1) is 12.4. The number of carbonyl (C=O) groups is 1. The van der Waals surface area contributed by atoms with E-state index in [0.717, 1.165) is 39.1 Å². The molecular weight excluding hydrogens is 362 g/mol. The van der Waals surface area contributed by atoms with Crippen LogP contribution in [-0.4, -0.2) is 26.9 Å². The molecule has 1 N–H and O–H groups in total. The number of nitrogens with one attached hydrogen (secondary N) is 1. The number of aromatic nitrogens is 2. The number of anilines is 1. The van der Waals surface area contributed by atoms with Gasteiger partial charge in [-0.15, -0.1) is 11.8 Å². The fourth-order valence-corrected chi connectivity index (χ4v) is 5.68. The molecule has 138 valence electrons. The maximum Gasteiger partial charge on any atom is 0.234 e. The molecular formula is C20H25N3OS2. The highest BCUT2D eigenvalue weighted by Gasteiger charge is 2.33. The van der Waals surface area contributed by atoms with Gasteiger partial charge in [0.15, 0.2) is 0 Å². The third kappa shape index (κ3) is 4.07.